The fraction of sp³-hybridized carbons (Fsp3) is 0.0526. The van der Waals surface area contributed by atoms with Gasteiger partial charge in [0.1, 0.15) is 9.96 Å². The van der Waals surface area contributed by atoms with Crippen LogP contribution in [0, 0.1) is 0 Å². The van der Waals surface area contributed by atoms with E-state index in [1.54, 1.807) is 47.8 Å². The van der Waals surface area contributed by atoms with Gasteiger partial charge in [-0.05, 0) is 47.8 Å². The van der Waals surface area contributed by atoms with E-state index in [1.807, 2.05) is 0 Å². The minimum Gasteiger partial charge on any atom is -0.484 e. The minimum atomic E-state index is -3.83. The predicted octanol–water partition coefficient (Wildman–Crippen LogP) is 3.04. The quantitative estimate of drug-likeness (QED) is 0.464. The van der Waals surface area contributed by atoms with Crippen LogP contribution in [0.15, 0.2) is 70.3 Å². The molecule has 0 saturated heterocycles. The Morgan fingerprint density at radius 3 is 2.40 bits per heavy atom. The predicted molar refractivity (Wildman–Crippen MR) is 114 cm³/mol. The lowest BCUT2D eigenvalue weighted by molar-refractivity contribution is -0.123. The van der Waals surface area contributed by atoms with E-state index in [-0.39, 0.29) is 22.1 Å². The molecule has 156 valence electrons. The standard InChI is InChI=1S/C19H16ClN3O5S2/c20-13-7-9-14(10-8-13)28-12-17(24)21-22-19(25)15-4-1-2-5-16(15)23-30(26,27)18-6-3-11-29-18/h1-11,23H,12H2,(H,21,24)(H,22,25). The zero-order valence-electron chi connectivity index (χ0n) is 15.3. The molecule has 11 heteroatoms. The lowest BCUT2D eigenvalue weighted by Crippen LogP contribution is -2.44. The minimum absolute atomic E-state index is 0.0385. The molecule has 0 spiro atoms. The molecule has 0 atom stereocenters. The van der Waals surface area contributed by atoms with Gasteiger partial charge in [0.2, 0.25) is 0 Å². The van der Waals surface area contributed by atoms with Gasteiger partial charge in [0.15, 0.2) is 6.61 Å². The fourth-order valence-electron chi connectivity index (χ4n) is 2.29. The molecule has 0 fully saturated rings. The van der Waals surface area contributed by atoms with Crippen LogP contribution < -0.4 is 20.3 Å². The molecule has 0 aliphatic heterocycles. The number of carbonyl (C=O) groups is 2. The van der Waals surface area contributed by atoms with Gasteiger partial charge in [0.25, 0.3) is 21.8 Å². The van der Waals surface area contributed by atoms with Gasteiger partial charge < -0.3 is 4.74 Å². The normalized spacial score (nSPS) is 10.8. The van der Waals surface area contributed by atoms with Gasteiger partial charge in [-0.25, -0.2) is 8.42 Å². The van der Waals surface area contributed by atoms with Crippen LogP contribution in [-0.4, -0.2) is 26.8 Å². The second-order valence-electron chi connectivity index (χ2n) is 5.83. The third kappa shape index (κ3) is 5.72. The molecule has 8 nitrogen and oxygen atoms in total. The van der Waals surface area contributed by atoms with Crippen LogP contribution in [0.5, 0.6) is 5.75 Å². The van der Waals surface area contributed by atoms with Crippen LogP contribution in [0.25, 0.3) is 0 Å². The number of rotatable bonds is 7. The van der Waals surface area contributed by atoms with Crippen LogP contribution in [0.3, 0.4) is 0 Å². The molecule has 0 saturated carbocycles. The maximum Gasteiger partial charge on any atom is 0.276 e. The van der Waals surface area contributed by atoms with Crippen molar-refractivity contribution < 1.29 is 22.7 Å². The number of sulfonamides is 1. The highest BCUT2D eigenvalue weighted by Gasteiger charge is 2.19. The molecule has 0 bridgehead atoms. The average molecular weight is 466 g/mol. The van der Waals surface area contributed by atoms with Crippen LogP contribution in [0.4, 0.5) is 5.69 Å². The third-order valence-electron chi connectivity index (χ3n) is 3.67. The molecule has 2 amide bonds. The maximum atomic E-state index is 12.4. The van der Waals surface area contributed by atoms with E-state index in [1.165, 1.54) is 18.2 Å². The highest BCUT2D eigenvalue weighted by Crippen LogP contribution is 2.22. The van der Waals surface area contributed by atoms with E-state index >= 15 is 0 Å². The van der Waals surface area contributed by atoms with Crippen LogP contribution >= 0.6 is 22.9 Å². The first-order chi connectivity index (χ1) is 14.3. The van der Waals surface area contributed by atoms with E-state index in [4.69, 9.17) is 16.3 Å². The molecule has 30 heavy (non-hydrogen) atoms. The summed E-state index contributed by atoms with van der Waals surface area (Å²) in [5.41, 5.74) is 4.57. The Balaban J connectivity index is 1.59. The lowest BCUT2D eigenvalue weighted by Gasteiger charge is -2.13. The first kappa shape index (κ1) is 21.6. The summed E-state index contributed by atoms with van der Waals surface area (Å²) in [6.07, 6.45) is 0. The van der Waals surface area contributed by atoms with E-state index in [2.05, 4.69) is 15.6 Å². The van der Waals surface area contributed by atoms with Gasteiger partial charge in [-0.3, -0.25) is 25.2 Å². The molecule has 1 heterocycles. The van der Waals surface area contributed by atoms with Gasteiger partial charge in [0.05, 0.1) is 11.3 Å². The number of hydrogen-bond acceptors (Lipinski definition) is 6. The van der Waals surface area contributed by atoms with Gasteiger partial charge >= 0.3 is 0 Å². The van der Waals surface area contributed by atoms with Gasteiger partial charge in [-0.15, -0.1) is 11.3 Å². The molecule has 0 aliphatic carbocycles. The zero-order valence-corrected chi connectivity index (χ0v) is 17.7. The average Bonchev–Trinajstić information content (AvgIpc) is 3.28. The van der Waals surface area contributed by atoms with Crippen molar-refractivity contribution >= 4 is 50.5 Å². The van der Waals surface area contributed by atoms with Crippen molar-refractivity contribution in [3.05, 3.63) is 76.6 Å². The van der Waals surface area contributed by atoms with Crippen molar-refractivity contribution in [2.24, 2.45) is 0 Å². The van der Waals surface area contributed by atoms with Crippen LogP contribution in [-0.2, 0) is 14.8 Å². The second-order valence-corrected chi connectivity index (χ2v) is 9.12. The number of halogens is 1. The Labute approximate surface area is 181 Å². The number of hydrazine groups is 1. The number of thiophene rings is 1. The molecule has 3 rings (SSSR count). The number of ether oxygens (including phenoxy) is 1. The van der Waals surface area contributed by atoms with Crippen molar-refractivity contribution in [3.63, 3.8) is 0 Å². The Morgan fingerprint density at radius 2 is 1.70 bits per heavy atom. The summed E-state index contributed by atoms with van der Waals surface area (Å²) in [4.78, 5) is 24.3. The van der Waals surface area contributed by atoms with Crippen LogP contribution in [0.2, 0.25) is 5.02 Å². The van der Waals surface area contributed by atoms with Crippen molar-refractivity contribution in [3.8, 4) is 5.75 Å². The molecule has 3 N–H and O–H groups in total. The van der Waals surface area contributed by atoms with Gasteiger partial charge in [0, 0.05) is 5.02 Å². The van der Waals surface area contributed by atoms with Gasteiger partial charge in [-0.2, -0.15) is 0 Å². The second kappa shape index (κ2) is 9.61. The number of carbonyl (C=O) groups excluding carboxylic acids is 2. The molecular formula is C19H16ClN3O5S2. The SMILES string of the molecule is O=C(COc1ccc(Cl)cc1)NNC(=O)c1ccccc1NS(=O)(=O)c1cccs1. The van der Waals surface area contributed by atoms with E-state index in [0.29, 0.717) is 10.8 Å². The number of amides is 2. The Hall–Kier alpha value is -3.08. The third-order valence-corrected chi connectivity index (χ3v) is 6.69. The molecule has 1 aromatic heterocycles. The largest absolute Gasteiger partial charge is 0.484 e. The summed E-state index contributed by atoms with van der Waals surface area (Å²) in [6, 6.07) is 15.5. The molecule has 3 aromatic rings. The Kier molecular flexibility index (Phi) is 6.93. The van der Waals surface area contributed by atoms with Crippen molar-refractivity contribution in [2.75, 3.05) is 11.3 Å². The lowest BCUT2D eigenvalue weighted by atomic mass is 10.2. The molecular weight excluding hydrogens is 450 g/mol. The first-order valence-electron chi connectivity index (χ1n) is 8.48. The smallest absolute Gasteiger partial charge is 0.276 e. The molecule has 2 aromatic carbocycles. The number of benzene rings is 2. The number of hydrogen-bond donors (Lipinski definition) is 3. The zero-order chi connectivity index (χ0) is 21.6. The summed E-state index contributed by atoms with van der Waals surface area (Å²) in [5, 5.41) is 2.17. The molecule has 0 unspecified atom stereocenters. The van der Waals surface area contributed by atoms with E-state index < -0.39 is 21.8 Å². The first-order valence-corrected chi connectivity index (χ1v) is 11.2. The summed E-state index contributed by atoms with van der Waals surface area (Å²) in [7, 11) is -3.83. The highest BCUT2D eigenvalue weighted by molar-refractivity contribution is 7.94. The summed E-state index contributed by atoms with van der Waals surface area (Å²) in [5.74, 6) is -0.858. The fourth-order valence-corrected chi connectivity index (χ4v) is 4.49. The van der Waals surface area contributed by atoms with Crippen molar-refractivity contribution in [1.82, 2.24) is 10.9 Å². The van der Waals surface area contributed by atoms with E-state index in [9.17, 15) is 18.0 Å². The number of para-hydroxylation sites is 1. The van der Waals surface area contributed by atoms with Crippen molar-refractivity contribution in [2.45, 2.75) is 4.21 Å². The van der Waals surface area contributed by atoms with E-state index in [0.717, 1.165) is 11.3 Å². The maximum absolute atomic E-state index is 12.4. The summed E-state index contributed by atoms with van der Waals surface area (Å²) < 4.78 is 32.6. The summed E-state index contributed by atoms with van der Waals surface area (Å²) >= 11 is 6.83. The molecule has 0 radical (unpaired) electrons. The van der Waals surface area contributed by atoms with Gasteiger partial charge in [-0.1, -0.05) is 29.8 Å². The molecule has 0 aliphatic rings. The highest BCUT2D eigenvalue weighted by atomic mass is 35.5. The topological polar surface area (TPSA) is 114 Å². The monoisotopic (exact) mass is 465 g/mol. The Morgan fingerprint density at radius 1 is 0.967 bits per heavy atom. The Bertz CT molecular complexity index is 1130. The number of anilines is 1. The van der Waals surface area contributed by atoms with Crippen LogP contribution in [0.1, 0.15) is 10.4 Å². The van der Waals surface area contributed by atoms with Crippen molar-refractivity contribution in [1.29, 1.82) is 0 Å². The summed E-state index contributed by atoms with van der Waals surface area (Å²) in [6.45, 7) is -0.339. The number of nitrogens with one attached hydrogen (secondary N) is 3.